The van der Waals surface area contributed by atoms with Crippen molar-refractivity contribution >= 4 is 17.7 Å². The molecular formula is C16H19N3O3. The number of nitrogens with one attached hydrogen (secondary N) is 1. The molecule has 0 fully saturated rings. The van der Waals surface area contributed by atoms with Crippen molar-refractivity contribution in [2.24, 2.45) is 0 Å². The summed E-state index contributed by atoms with van der Waals surface area (Å²) >= 11 is 0. The Kier molecular flexibility index (Phi) is 5.71. The Morgan fingerprint density at radius 2 is 2.09 bits per heavy atom. The van der Waals surface area contributed by atoms with Gasteiger partial charge in [-0.05, 0) is 30.7 Å². The molecule has 0 unspecified atom stereocenters. The zero-order valence-corrected chi connectivity index (χ0v) is 12.7. The van der Waals surface area contributed by atoms with E-state index in [-0.39, 0.29) is 5.97 Å². The summed E-state index contributed by atoms with van der Waals surface area (Å²) in [5, 5.41) is 7.04. The zero-order valence-electron chi connectivity index (χ0n) is 12.7. The summed E-state index contributed by atoms with van der Waals surface area (Å²) in [6, 6.07) is 7.65. The molecule has 0 bridgehead atoms. The lowest BCUT2D eigenvalue weighted by atomic mass is 10.2. The van der Waals surface area contributed by atoms with Crippen LogP contribution >= 0.6 is 0 Å². The van der Waals surface area contributed by atoms with Gasteiger partial charge < -0.3 is 14.6 Å². The van der Waals surface area contributed by atoms with E-state index in [0.29, 0.717) is 24.9 Å². The van der Waals surface area contributed by atoms with Crippen molar-refractivity contribution in [1.82, 2.24) is 10.1 Å². The van der Waals surface area contributed by atoms with E-state index in [1.807, 2.05) is 31.2 Å². The zero-order chi connectivity index (χ0) is 15.8. The topological polar surface area (TPSA) is 77.2 Å². The number of carbonyl (C=O) groups is 1. The summed E-state index contributed by atoms with van der Waals surface area (Å²) in [4.78, 5) is 15.4. The summed E-state index contributed by atoms with van der Waals surface area (Å²) in [7, 11) is 0. The van der Waals surface area contributed by atoms with E-state index < -0.39 is 0 Å². The summed E-state index contributed by atoms with van der Waals surface area (Å²) in [5.41, 5.74) is 1.86. The molecule has 1 N–H and O–H groups in total. The number of nitrogens with zero attached hydrogens (tertiary/aromatic N) is 2. The van der Waals surface area contributed by atoms with Crippen LogP contribution in [0.4, 0.5) is 5.69 Å². The largest absolute Gasteiger partial charge is 0.463 e. The highest BCUT2D eigenvalue weighted by molar-refractivity contribution is 5.87. The molecule has 6 heteroatoms. The lowest BCUT2D eigenvalue weighted by molar-refractivity contribution is -0.137. The number of ether oxygens (including phenoxy) is 1. The van der Waals surface area contributed by atoms with Gasteiger partial charge in [-0.25, -0.2) is 4.79 Å². The molecule has 6 nitrogen and oxygen atoms in total. The molecule has 0 saturated heterocycles. The Bertz CT molecular complexity index is 632. The lowest BCUT2D eigenvalue weighted by Gasteiger charge is -2.03. The Balaban J connectivity index is 1.87. The molecule has 0 amide bonds. The van der Waals surface area contributed by atoms with E-state index in [0.717, 1.165) is 17.7 Å². The molecule has 0 saturated carbocycles. The standard InChI is InChI=1S/C16H19N3O3/c1-3-14-18-15(22-19-14)11-17-13-8-5-12(6-9-13)7-10-16(20)21-4-2/h5-10,17H,3-4,11H2,1-2H3/b10-7+. The molecule has 0 aliphatic rings. The third-order valence-corrected chi connectivity index (χ3v) is 2.88. The predicted octanol–water partition coefficient (Wildman–Crippen LogP) is 2.82. The Morgan fingerprint density at radius 1 is 1.32 bits per heavy atom. The first-order chi connectivity index (χ1) is 10.7. The molecular weight excluding hydrogens is 282 g/mol. The number of aromatic nitrogens is 2. The summed E-state index contributed by atoms with van der Waals surface area (Å²) < 4.78 is 9.93. The van der Waals surface area contributed by atoms with Gasteiger partial charge in [0, 0.05) is 18.2 Å². The molecule has 0 spiro atoms. The average Bonchev–Trinajstić information content (AvgIpc) is 3.00. The van der Waals surface area contributed by atoms with Crippen LogP contribution in [-0.4, -0.2) is 22.7 Å². The number of benzene rings is 1. The van der Waals surface area contributed by atoms with Crippen LogP contribution in [0.2, 0.25) is 0 Å². The maximum absolute atomic E-state index is 11.2. The van der Waals surface area contributed by atoms with Crippen LogP contribution in [0, 0.1) is 0 Å². The molecule has 2 rings (SSSR count). The molecule has 1 heterocycles. The third-order valence-electron chi connectivity index (χ3n) is 2.88. The smallest absolute Gasteiger partial charge is 0.330 e. The predicted molar refractivity (Wildman–Crippen MR) is 83.1 cm³/mol. The lowest BCUT2D eigenvalue weighted by Crippen LogP contribution is -2.00. The van der Waals surface area contributed by atoms with Gasteiger partial charge in [0.05, 0.1) is 13.2 Å². The third kappa shape index (κ3) is 4.73. The van der Waals surface area contributed by atoms with Gasteiger partial charge in [0.15, 0.2) is 5.82 Å². The van der Waals surface area contributed by atoms with Crippen LogP contribution in [-0.2, 0) is 22.5 Å². The van der Waals surface area contributed by atoms with E-state index in [9.17, 15) is 4.79 Å². The monoisotopic (exact) mass is 301 g/mol. The molecule has 0 atom stereocenters. The van der Waals surface area contributed by atoms with E-state index in [1.54, 1.807) is 13.0 Å². The van der Waals surface area contributed by atoms with Crippen LogP contribution in [0.1, 0.15) is 31.1 Å². The number of anilines is 1. The first-order valence-electron chi connectivity index (χ1n) is 7.21. The second-order valence-electron chi connectivity index (χ2n) is 4.52. The molecule has 0 aliphatic heterocycles. The van der Waals surface area contributed by atoms with Crippen LogP contribution in [0.3, 0.4) is 0 Å². The molecule has 1 aromatic carbocycles. The van der Waals surface area contributed by atoms with E-state index in [4.69, 9.17) is 9.26 Å². The minimum Gasteiger partial charge on any atom is -0.463 e. The minimum absolute atomic E-state index is 0.340. The summed E-state index contributed by atoms with van der Waals surface area (Å²) in [5.74, 6) is 0.923. The highest BCUT2D eigenvalue weighted by Crippen LogP contribution is 2.12. The molecule has 116 valence electrons. The fourth-order valence-electron chi connectivity index (χ4n) is 1.75. The van der Waals surface area contributed by atoms with Crippen LogP contribution in [0.5, 0.6) is 0 Å². The van der Waals surface area contributed by atoms with E-state index in [1.165, 1.54) is 6.08 Å². The highest BCUT2D eigenvalue weighted by Gasteiger charge is 2.03. The summed E-state index contributed by atoms with van der Waals surface area (Å²) in [6.07, 6.45) is 3.88. The van der Waals surface area contributed by atoms with Crippen LogP contribution in [0.15, 0.2) is 34.9 Å². The normalized spacial score (nSPS) is 10.8. The number of carbonyl (C=O) groups excluding carboxylic acids is 1. The average molecular weight is 301 g/mol. The van der Waals surface area contributed by atoms with Gasteiger partial charge in [0.1, 0.15) is 0 Å². The van der Waals surface area contributed by atoms with Gasteiger partial charge in [0.25, 0.3) is 0 Å². The number of rotatable bonds is 7. The van der Waals surface area contributed by atoms with E-state index >= 15 is 0 Å². The Labute approximate surface area is 129 Å². The number of hydrogen-bond acceptors (Lipinski definition) is 6. The molecule has 2 aromatic rings. The highest BCUT2D eigenvalue weighted by atomic mass is 16.5. The quantitative estimate of drug-likeness (QED) is 0.626. The second kappa shape index (κ2) is 7.97. The SMILES string of the molecule is CCOC(=O)/C=C/c1ccc(NCc2nc(CC)no2)cc1. The maximum Gasteiger partial charge on any atom is 0.330 e. The van der Waals surface area contributed by atoms with Crippen molar-refractivity contribution < 1.29 is 14.1 Å². The fourth-order valence-corrected chi connectivity index (χ4v) is 1.75. The Morgan fingerprint density at radius 3 is 2.73 bits per heavy atom. The van der Waals surface area contributed by atoms with Crippen molar-refractivity contribution in [2.45, 2.75) is 26.8 Å². The first-order valence-corrected chi connectivity index (χ1v) is 7.21. The van der Waals surface area contributed by atoms with Crippen molar-refractivity contribution in [2.75, 3.05) is 11.9 Å². The van der Waals surface area contributed by atoms with E-state index in [2.05, 4.69) is 15.5 Å². The number of hydrogen-bond donors (Lipinski definition) is 1. The van der Waals surface area contributed by atoms with Crippen molar-refractivity contribution in [3.63, 3.8) is 0 Å². The van der Waals surface area contributed by atoms with Crippen molar-refractivity contribution in [3.8, 4) is 0 Å². The molecule has 0 radical (unpaired) electrons. The molecule has 1 aromatic heterocycles. The van der Waals surface area contributed by atoms with Gasteiger partial charge in [-0.15, -0.1) is 0 Å². The van der Waals surface area contributed by atoms with Crippen LogP contribution < -0.4 is 5.32 Å². The second-order valence-corrected chi connectivity index (χ2v) is 4.52. The van der Waals surface area contributed by atoms with Gasteiger partial charge in [0.2, 0.25) is 5.89 Å². The van der Waals surface area contributed by atoms with Crippen LogP contribution in [0.25, 0.3) is 6.08 Å². The fraction of sp³-hybridized carbons (Fsp3) is 0.312. The Hall–Kier alpha value is -2.63. The summed E-state index contributed by atoms with van der Waals surface area (Å²) in [6.45, 7) is 4.61. The number of esters is 1. The first kappa shape index (κ1) is 15.8. The molecule has 22 heavy (non-hydrogen) atoms. The van der Waals surface area contributed by atoms with Gasteiger partial charge in [-0.1, -0.05) is 24.2 Å². The van der Waals surface area contributed by atoms with Crippen molar-refractivity contribution in [1.29, 1.82) is 0 Å². The number of aryl methyl sites for hydroxylation is 1. The van der Waals surface area contributed by atoms with Gasteiger partial charge in [-0.2, -0.15) is 4.98 Å². The minimum atomic E-state index is -0.340. The maximum atomic E-state index is 11.2. The van der Waals surface area contributed by atoms with Gasteiger partial charge >= 0.3 is 5.97 Å². The van der Waals surface area contributed by atoms with Crippen molar-refractivity contribution in [3.05, 3.63) is 47.6 Å². The molecule has 0 aliphatic carbocycles. The van der Waals surface area contributed by atoms with Gasteiger partial charge in [-0.3, -0.25) is 0 Å².